The third kappa shape index (κ3) is 4.73. The van der Waals surface area contributed by atoms with E-state index in [0.29, 0.717) is 0 Å². The summed E-state index contributed by atoms with van der Waals surface area (Å²) < 4.78 is 62.7. The van der Waals surface area contributed by atoms with Crippen molar-refractivity contribution in [3.8, 4) is 0 Å². The molecule has 12 heteroatoms. The first-order chi connectivity index (χ1) is 10.9. The maximum Gasteiger partial charge on any atom is 0.414 e. The van der Waals surface area contributed by atoms with E-state index in [-0.39, 0.29) is 10.8 Å². The molecule has 0 spiro atoms. The van der Waals surface area contributed by atoms with E-state index in [4.69, 9.17) is 28.9 Å². The van der Waals surface area contributed by atoms with E-state index in [9.17, 15) is 16.8 Å². The molecule has 2 aromatic rings. The number of hydrogen-bond acceptors (Lipinski definition) is 6. The van der Waals surface area contributed by atoms with Crippen molar-refractivity contribution in [2.24, 2.45) is 0 Å². The average Bonchev–Trinajstić information content (AvgIpc) is 2.44. The maximum atomic E-state index is 11.2. The van der Waals surface area contributed by atoms with E-state index in [1.165, 1.54) is 24.3 Å². The Morgan fingerprint density at radius 3 is 1.17 bits per heavy atom. The highest BCUT2D eigenvalue weighted by molar-refractivity contribution is 7.86. The first kappa shape index (κ1) is 19.5. The van der Waals surface area contributed by atoms with Crippen molar-refractivity contribution >= 4 is 42.9 Å². The molecule has 0 aliphatic carbocycles. The lowest BCUT2D eigenvalue weighted by Gasteiger charge is -2.06. The molecule has 0 aliphatic rings. The highest BCUT2D eigenvalue weighted by Crippen LogP contribution is 2.27. The third-order valence-corrected chi connectivity index (χ3v) is 4.40. The lowest BCUT2D eigenvalue weighted by Crippen LogP contribution is -2.09. The first-order valence-corrected chi connectivity index (χ1v) is 8.66. The van der Waals surface area contributed by atoms with Crippen LogP contribution in [0.4, 0.5) is 0 Å². The van der Waals surface area contributed by atoms with Gasteiger partial charge in [-0.2, -0.15) is 16.8 Å². The molecule has 2 aromatic carbocycles. The molecular weight excluding hydrogens is 368 g/mol. The van der Waals surface area contributed by atoms with Crippen LogP contribution in [-0.4, -0.2) is 48.1 Å². The lowest BCUT2D eigenvalue weighted by molar-refractivity contribution is -0.159. The van der Waals surface area contributed by atoms with Gasteiger partial charge in [-0.3, -0.25) is 9.11 Å². The molecular formula is C12H10O10S2. The Labute approximate surface area is 135 Å². The van der Waals surface area contributed by atoms with Crippen LogP contribution >= 0.6 is 0 Å². The molecule has 0 radical (unpaired) electrons. The van der Waals surface area contributed by atoms with Crippen molar-refractivity contribution in [3.05, 3.63) is 36.4 Å². The molecule has 0 unspecified atom stereocenters. The predicted octanol–water partition coefficient (Wildman–Crippen LogP) is 0.489. The molecule has 4 N–H and O–H groups in total. The molecule has 0 heterocycles. The highest BCUT2D eigenvalue weighted by Gasteiger charge is 2.18. The molecule has 0 amide bonds. The zero-order chi connectivity index (χ0) is 18.7. The van der Waals surface area contributed by atoms with Gasteiger partial charge in [0, 0.05) is 10.8 Å². The standard InChI is InChI=1S/C10H8O6S2.C2H2O4/c11-17(12,13)9-5-1-3-7-8(9)4-2-6-10(7)18(14,15)16;3-1(4)2(5)6/h1-6H,(H,11,12,13)(H,14,15,16);(H,3,4)(H,5,6). The second-order valence-electron chi connectivity index (χ2n) is 4.17. The highest BCUT2D eigenvalue weighted by atomic mass is 32.2. The minimum Gasteiger partial charge on any atom is -0.473 e. The largest absolute Gasteiger partial charge is 0.473 e. The van der Waals surface area contributed by atoms with Crippen LogP contribution in [0.15, 0.2) is 46.2 Å². The summed E-state index contributed by atoms with van der Waals surface area (Å²) in [7, 11) is -8.94. The van der Waals surface area contributed by atoms with Crippen LogP contribution in [-0.2, 0) is 29.8 Å². The Morgan fingerprint density at radius 2 is 0.958 bits per heavy atom. The van der Waals surface area contributed by atoms with Crippen molar-refractivity contribution in [2.45, 2.75) is 9.79 Å². The molecule has 0 atom stereocenters. The monoisotopic (exact) mass is 378 g/mol. The maximum absolute atomic E-state index is 11.2. The van der Waals surface area contributed by atoms with E-state index < -0.39 is 42.0 Å². The molecule has 130 valence electrons. The number of benzene rings is 2. The second-order valence-corrected chi connectivity index (χ2v) is 6.95. The molecule has 10 nitrogen and oxygen atoms in total. The number of carboxylic acids is 2. The summed E-state index contributed by atoms with van der Waals surface area (Å²) in [6.07, 6.45) is 0. The molecule has 0 aromatic heterocycles. The van der Waals surface area contributed by atoms with Crippen molar-refractivity contribution in [1.29, 1.82) is 0 Å². The number of rotatable bonds is 2. The van der Waals surface area contributed by atoms with E-state index in [0.717, 1.165) is 12.1 Å². The van der Waals surface area contributed by atoms with Gasteiger partial charge in [0.05, 0.1) is 0 Å². The Balaban J connectivity index is 0.000000413. The van der Waals surface area contributed by atoms with Gasteiger partial charge in [-0.25, -0.2) is 9.59 Å². The van der Waals surface area contributed by atoms with Crippen LogP contribution in [0.5, 0.6) is 0 Å². The minimum atomic E-state index is -4.47. The number of fused-ring (bicyclic) bond motifs is 1. The van der Waals surface area contributed by atoms with Crippen LogP contribution in [0.25, 0.3) is 10.8 Å². The van der Waals surface area contributed by atoms with Crippen molar-refractivity contribution in [2.75, 3.05) is 0 Å². The van der Waals surface area contributed by atoms with Crippen LogP contribution in [0.1, 0.15) is 0 Å². The van der Waals surface area contributed by atoms with Crippen molar-refractivity contribution in [1.82, 2.24) is 0 Å². The molecule has 0 saturated heterocycles. The molecule has 0 saturated carbocycles. The summed E-state index contributed by atoms with van der Waals surface area (Å²) in [6, 6.07) is 7.53. The lowest BCUT2D eigenvalue weighted by atomic mass is 10.1. The van der Waals surface area contributed by atoms with Gasteiger partial charge in [0.25, 0.3) is 20.2 Å². The SMILES string of the molecule is O=C(O)C(=O)O.O=S(=O)(O)c1cccc2c(S(=O)(=O)O)cccc12. The molecule has 2 rings (SSSR count). The first-order valence-electron chi connectivity index (χ1n) is 5.78. The summed E-state index contributed by atoms with van der Waals surface area (Å²) in [5, 5.41) is 14.8. The third-order valence-electron chi connectivity index (χ3n) is 2.58. The van der Waals surface area contributed by atoms with Crippen LogP contribution < -0.4 is 0 Å². The number of hydrogen-bond donors (Lipinski definition) is 4. The Bertz CT molecular complexity index is 922. The smallest absolute Gasteiger partial charge is 0.414 e. The van der Waals surface area contributed by atoms with Gasteiger partial charge in [0.1, 0.15) is 9.79 Å². The summed E-state index contributed by atoms with van der Waals surface area (Å²) in [6.45, 7) is 0. The topological polar surface area (TPSA) is 183 Å². The minimum absolute atomic E-state index is 0.0233. The number of carbonyl (C=O) groups is 2. The van der Waals surface area contributed by atoms with E-state index in [1.807, 2.05) is 0 Å². The van der Waals surface area contributed by atoms with Gasteiger partial charge in [0.2, 0.25) is 0 Å². The van der Waals surface area contributed by atoms with E-state index in [1.54, 1.807) is 0 Å². The Kier molecular flexibility index (Phi) is 5.62. The average molecular weight is 378 g/mol. The Hall–Kier alpha value is -2.54. The summed E-state index contributed by atoms with van der Waals surface area (Å²) in [5.41, 5.74) is 0. The van der Waals surface area contributed by atoms with Gasteiger partial charge >= 0.3 is 11.9 Å². The van der Waals surface area contributed by atoms with E-state index in [2.05, 4.69) is 0 Å². The van der Waals surface area contributed by atoms with Gasteiger partial charge < -0.3 is 10.2 Å². The molecule has 24 heavy (non-hydrogen) atoms. The van der Waals surface area contributed by atoms with Crippen LogP contribution in [0, 0.1) is 0 Å². The van der Waals surface area contributed by atoms with Gasteiger partial charge in [-0.15, -0.1) is 0 Å². The van der Waals surface area contributed by atoms with Gasteiger partial charge in [-0.05, 0) is 12.1 Å². The molecule has 0 fully saturated rings. The number of carboxylic acid groups (broad SMARTS) is 2. The fourth-order valence-corrected chi connectivity index (χ4v) is 3.12. The van der Waals surface area contributed by atoms with Crippen molar-refractivity contribution < 1.29 is 45.7 Å². The summed E-state index contributed by atoms with van der Waals surface area (Å²) in [4.78, 5) is 17.4. The fraction of sp³-hybridized carbons (Fsp3) is 0. The van der Waals surface area contributed by atoms with Gasteiger partial charge in [0.15, 0.2) is 0 Å². The zero-order valence-corrected chi connectivity index (χ0v) is 13.2. The predicted molar refractivity (Wildman–Crippen MR) is 78.8 cm³/mol. The zero-order valence-electron chi connectivity index (χ0n) is 11.5. The quantitative estimate of drug-likeness (QED) is 0.423. The fourth-order valence-electron chi connectivity index (χ4n) is 1.70. The van der Waals surface area contributed by atoms with Crippen LogP contribution in [0.3, 0.4) is 0 Å². The summed E-state index contributed by atoms with van der Waals surface area (Å²) >= 11 is 0. The van der Waals surface area contributed by atoms with E-state index >= 15 is 0 Å². The van der Waals surface area contributed by atoms with Gasteiger partial charge in [-0.1, -0.05) is 24.3 Å². The summed E-state index contributed by atoms with van der Waals surface area (Å²) in [5.74, 6) is -3.65. The number of aliphatic carboxylic acids is 2. The Morgan fingerprint density at radius 1 is 0.667 bits per heavy atom. The van der Waals surface area contributed by atoms with Crippen molar-refractivity contribution in [3.63, 3.8) is 0 Å². The molecule has 0 bridgehead atoms. The van der Waals surface area contributed by atoms with Crippen LogP contribution in [0.2, 0.25) is 0 Å². The molecule has 0 aliphatic heterocycles. The normalized spacial score (nSPS) is 11.4. The second kappa shape index (κ2) is 6.92.